The van der Waals surface area contributed by atoms with Crippen molar-refractivity contribution in [1.82, 2.24) is 5.32 Å². The number of hydrogen-bond acceptors (Lipinski definition) is 3. The van der Waals surface area contributed by atoms with Gasteiger partial charge in [-0.1, -0.05) is 13.8 Å². The lowest BCUT2D eigenvalue weighted by molar-refractivity contribution is -0.123. The van der Waals surface area contributed by atoms with Crippen molar-refractivity contribution in [1.29, 1.82) is 0 Å². The van der Waals surface area contributed by atoms with Gasteiger partial charge in [0.2, 0.25) is 0 Å². The number of nitrogens with one attached hydrogen (secondary N) is 1. The van der Waals surface area contributed by atoms with E-state index < -0.39 is 0 Å². The first-order chi connectivity index (χ1) is 8.49. The van der Waals surface area contributed by atoms with Crippen LogP contribution in [-0.2, 0) is 4.79 Å². The van der Waals surface area contributed by atoms with Gasteiger partial charge in [-0.3, -0.25) is 4.79 Å². The molecule has 0 aromatic heterocycles. The molecule has 4 heteroatoms. The van der Waals surface area contributed by atoms with Gasteiger partial charge >= 0.3 is 0 Å². The Morgan fingerprint density at radius 3 is 2.78 bits per heavy atom. The molecule has 0 heterocycles. The SMILES string of the molecule is Cc1cc(OCC(=O)NCCC(C)C)ccc1N. The Morgan fingerprint density at radius 2 is 2.17 bits per heavy atom. The molecule has 100 valence electrons. The van der Waals surface area contributed by atoms with Crippen molar-refractivity contribution in [3.05, 3.63) is 23.8 Å². The van der Waals surface area contributed by atoms with E-state index in [0.29, 0.717) is 18.2 Å². The fraction of sp³-hybridized carbons (Fsp3) is 0.500. The van der Waals surface area contributed by atoms with Crippen LogP contribution in [0.5, 0.6) is 5.75 Å². The lowest BCUT2D eigenvalue weighted by Gasteiger charge is -2.09. The Hall–Kier alpha value is -1.71. The Morgan fingerprint density at radius 1 is 1.44 bits per heavy atom. The highest BCUT2D eigenvalue weighted by molar-refractivity contribution is 5.77. The van der Waals surface area contributed by atoms with E-state index in [1.807, 2.05) is 13.0 Å². The summed E-state index contributed by atoms with van der Waals surface area (Å²) in [5.74, 6) is 1.16. The van der Waals surface area contributed by atoms with Gasteiger partial charge in [-0.15, -0.1) is 0 Å². The van der Waals surface area contributed by atoms with Gasteiger partial charge in [-0.05, 0) is 43.0 Å². The number of nitrogen functional groups attached to an aromatic ring is 1. The standard InChI is InChI=1S/C14H22N2O2/c1-10(2)6-7-16-14(17)9-18-12-4-5-13(15)11(3)8-12/h4-5,8,10H,6-7,9,15H2,1-3H3,(H,16,17). The number of rotatable bonds is 6. The Balaban J connectivity index is 2.31. The van der Waals surface area contributed by atoms with E-state index in [1.165, 1.54) is 0 Å². The number of nitrogens with two attached hydrogens (primary N) is 1. The normalized spacial score (nSPS) is 10.4. The molecule has 1 rings (SSSR count). The molecule has 0 aliphatic rings. The molecular weight excluding hydrogens is 228 g/mol. The van der Waals surface area contributed by atoms with Crippen molar-refractivity contribution in [3.8, 4) is 5.75 Å². The van der Waals surface area contributed by atoms with Gasteiger partial charge in [0.05, 0.1) is 0 Å². The quantitative estimate of drug-likeness (QED) is 0.760. The summed E-state index contributed by atoms with van der Waals surface area (Å²) in [6, 6.07) is 5.38. The zero-order valence-electron chi connectivity index (χ0n) is 11.3. The fourth-order valence-corrected chi connectivity index (χ4v) is 1.44. The number of amides is 1. The Kier molecular flexibility index (Phi) is 5.49. The molecule has 0 spiro atoms. The molecule has 0 fully saturated rings. The zero-order valence-corrected chi connectivity index (χ0v) is 11.3. The third-order valence-electron chi connectivity index (χ3n) is 2.66. The van der Waals surface area contributed by atoms with Gasteiger partial charge < -0.3 is 15.8 Å². The highest BCUT2D eigenvalue weighted by Gasteiger charge is 2.04. The van der Waals surface area contributed by atoms with Crippen molar-refractivity contribution in [3.63, 3.8) is 0 Å². The third-order valence-corrected chi connectivity index (χ3v) is 2.66. The van der Waals surface area contributed by atoms with Crippen LogP contribution in [0.15, 0.2) is 18.2 Å². The maximum atomic E-state index is 11.5. The average molecular weight is 250 g/mol. The van der Waals surface area contributed by atoms with E-state index in [9.17, 15) is 4.79 Å². The molecule has 0 saturated carbocycles. The molecule has 1 aromatic carbocycles. The van der Waals surface area contributed by atoms with Crippen LogP contribution in [0.3, 0.4) is 0 Å². The number of carbonyl (C=O) groups is 1. The minimum absolute atomic E-state index is 0.0431. The second kappa shape index (κ2) is 6.89. The molecule has 0 aliphatic carbocycles. The van der Waals surface area contributed by atoms with E-state index in [0.717, 1.165) is 17.7 Å². The summed E-state index contributed by atoms with van der Waals surface area (Å²) in [5, 5.41) is 2.82. The molecule has 0 bridgehead atoms. The van der Waals surface area contributed by atoms with Crippen molar-refractivity contribution in [2.75, 3.05) is 18.9 Å². The summed E-state index contributed by atoms with van der Waals surface area (Å²) in [5.41, 5.74) is 7.38. The number of hydrogen-bond donors (Lipinski definition) is 2. The van der Waals surface area contributed by atoms with Crippen molar-refractivity contribution in [2.24, 2.45) is 5.92 Å². The summed E-state index contributed by atoms with van der Waals surface area (Å²) in [4.78, 5) is 11.5. The van der Waals surface area contributed by atoms with Gasteiger partial charge in [-0.2, -0.15) is 0 Å². The molecule has 4 nitrogen and oxygen atoms in total. The lowest BCUT2D eigenvalue weighted by Crippen LogP contribution is -2.30. The Bertz CT molecular complexity index is 403. The van der Waals surface area contributed by atoms with Gasteiger partial charge in [0, 0.05) is 12.2 Å². The maximum absolute atomic E-state index is 11.5. The van der Waals surface area contributed by atoms with Crippen LogP contribution in [0.1, 0.15) is 25.8 Å². The smallest absolute Gasteiger partial charge is 0.257 e. The molecule has 3 N–H and O–H groups in total. The van der Waals surface area contributed by atoms with E-state index in [1.54, 1.807) is 12.1 Å². The summed E-state index contributed by atoms with van der Waals surface area (Å²) in [6.45, 7) is 6.90. The van der Waals surface area contributed by atoms with Crippen LogP contribution in [0.2, 0.25) is 0 Å². The molecule has 0 saturated heterocycles. The molecule has 1 amide bonds. The van der Waals surface area contributed by atoms with Crippen LogP contribution >= 0.6 is 0 Å². The highest BCUT2D eigenvalue weighted by atomic mass is 16.5. The topological polar surface area (TPSA) is 64.3 Å². The van der Waals surface area contributed by atoms with Crippen molar-refractivity contribution in [2.45, 2.75) is 27.2 Å². The summed E-state index contributed by atoms with van der Waals surface area (Å²) in [7, 11) is 0. The van der Waals surface area contributed by atoms with Gasteiger partial charge in [0.1, 0.15) is 5.75 Å². The molecule has 1 aromatic rings. The van der Waals surface area contributed by atoms with E-state index in [4.69, 9.17) is 10.5 Å². The van der Waals surface area contributed by atoms with Crippen molar-refractivity contribution < 1.29 is 9.53 Å². The van der Waals surface area contributed by atoms with Crippen LogP contribution in [0.25, 0.3) is 0 Å². The largest absolute Gasteiger partial charge is 0.484 e. The van der Waals surface area contributed by atoms with E-state index >= 15 is 0 Å². The maximum Gasteiger partial charge on any atom is 0.257 e. The third kappa shape index (κ3) is 5.08. The molecule has 0 unspecified atom stereocenters. The second-order valence-electron chi connectivity index (χ2n) is 4.84. The monoisotopic (exact) mass is 250 g/mol. The van der Waals surface area contributed by atoms with Crippen LogP contribution in [0, 0.1) is 12.8 Å². The molecule has 0 radical (unpaired) electrons. The van der Waals surface area contributed by atoms with Crippen molar-refractivity contribution >= 4 is 11.6 Å². The highest BCUT2D eigenvalue weighted by Crippen LogP contribution is 2.18. The first kappa shape index (κ1) is 14.4. The van der Waals surface area contributed by atoms with Gasteiger partial charge in [0.15, 0.2) is 6.61 Å². The van der Waals surface area contributed by atoms with Crippen LogP contribution in [-0.4, -0.2) is 19.1 Å². The minimum atomic E-state index is -0.0925. The number of ether oxygens (including phenoxy) is 1. The Labute approximate surface area is 109 Å². The van der Waals surface area contributed by atoms with Gasteiger partial charge in [-0.25, -0.2) is 0 Å². The van der Waals surface area contributed by atoms with Crippen LogP contribution in [0.4, 0.5) is 5.69 Å². The fourth-order valence-electron chi connectivity index (χ4n) is 1.44. The molecule has 0 aliphatic heterocycles. The molecule has 18 heavy (non-hydrogen) atoms. The summed E-state index contributed by atoms with van der Waals surface area (Å²) < 4.78 is 5.39. The predicted molar refractivity (Wildman–Crippen MR) is 73.6 cm³/mol. The predicted octanol–water partition coefficient (Wildman–Crippen LogP) is 2.12. The first-order valence-electron chi connectivity index (χ1n) is 6.24. The number of anilines is 1. The van der Waals surface area contributed by atoms with Crippen LogP contribution < -0.4 is 15.8 Å². The van der Waals surface area contributed by atoms with E-state index in [-0.39, 0.29) is 12.5 Å². The summed E-state index contributed by atoms with van der Waals surface area (Å²) >= 11 is 0. The number of benzene rings is 1. The van der Waals surface area contributed by atoms with Gasteiger partial charge in [0.25, 0.3) is 5.91 Å². The lowest BCUT2D eigenvalue weighted by atomic mass is 10.1. The molecular formula is C14H22N2O2. The number of carbonyl (C=O) groups excluding carboxylic acids is 1. The first-order valence-corrected chi connectivity index (χ1v) is 6.24. The molecule has 0 atom stereocenters. The van der Waals surface area contributed by atoms with E-state index in [2.05, 4.69) is 19.2 Å². The second-order valence-corrected chi connectivity index (χ2v) is 4.84. The average Bonchev–Trinajstić information content (AvgIpc) is 2.30. The summed E-state index contributed by atoms with van der Waals surface area (Å²) in [6.07, 6.45) is 0.979. The zero-order chi connectivity index (χ0) is 13.5. The number of aryl methyl sites for hydroxylation is 1. The minimum Gasteiger partial charge on any atom is -0.484 e.